The number of nitrogens with one attached hydrogen (secondary N) is 2. The van der Waals surface area contributed by atoms with Gasteiger partial charge in [-0.1, -0.05) is 12.1 Å². The van der Waals surface area contributed by atoms with Crippen molar-refractivity contribution in [1.29, 1.82) is 0 Å². The first kappa shape index (κ1) is 16.0. The Morgan fingerprint density at radius 2 is 1.67 bits per heavy atom. The summed E-state index contributed by atoms with van der Waals surface area (Å²) in [5.41, 5.74) is -0.172. The quantitative estimate of drug-likeness (QED) is 0.611. The smallest absolute Gasteiger partial charge is 0.408 e. The zero-order valence-corrected chi connectivity index (χ0v) is 13.5. The molecule has 1 aromatic carbocycles. The highest BCUT2D eigenvalue weighted by Gasteiger charge is 2.51. The molecule has 0 bridgehead atoms. The number of β-lactam (4-membered cyclic amide) rings is 1. The van der Waals surface area contributed by atoms with Crippen LogP contribution in [0.25, 0.3) is 0 Å². The summed E-state index contributed by atoms with van der Waals surface area (Å²) in [6.07, 6.45) is -1.72. The summed E-state index contributed by atoms with van der Waals surface area (Å²) in [5, 5.41) is 4.87. The van der Waals surface area contributed by atoms with Crippen molar-refractivity contribution in [2.24, 2.45) is 0 Å². The average molecular weight is 331 g/mol. The molecule has 1 aromatic rings. The maximum absolute atomic E-state index is 12.4. The van der Waals surface area contributed by atoms with Gasteiger partial charge in [-0.25, -0.2) is 4.79 Å². The number of nitrogens with zero attached hydrogens (tertiary/aromatic N) is 1. The van der Waals surface area contributed by atoms with Crippen molar-refractivity contribution in [1.82, 2.24) is 15.5 Å². The predicted octanol–water partition coefficient (Wildman–Crippen LogP) is 0.632. The van der Waals surface area contributed by atoms with Crippen LogP contribution in [-0.4, -0.2) is 46.5 Å². The highest BCUT2D eigenvalue weighted by Crippen LogP contribution is 2.27. The highest BCUT2D eigenvalue weighted by molar-refractivity contribution is 6.22. The van der Waals surface area contributed by atoms with Crippen molar-refractivity contribution in [3.8, 4) is 0 Å². The van der Waals surface area contributed by atoms with Gasteiger partial charge in [0, 0.05) is 0 Å². The average Bonchev–Trinajstić information content (AvgIpc) is 2.73. The number of amides is 4. The van der Waals surface area contributed by atoms with Gasteiger partial charge >= 0.3 is 6.09 Å². The fraction of sp³-hybridized carbons (Fsp3) is 0.375. The molecule has 2 heterocycles. The van der Waals surface area contributed by atoms with E-state index in [1.54, 1.807) is 45.0 Å². The van der Waals surface area contributed by atoms with Gasteiger partial charge in [0.1, 0.15) is 11.8 Å². The minimum Gasteiger partial charge on any atom is -0.444 e. The van der Waals surface area contributed by atoms with Crippen molar-refractivity contribution in [2.75, 3.05) is 0 Å². The van der Waals surface area contributed by atoms with Crippen LogP contribution in [0.1, 0.15) is 41.5 Å². The van der Waals surface area contributed by atoms with Gasteiger partial charge < -0.3 is 15.4 Å². The molecule has 0 unspecified atom stereocenters. The summed E-state index contributed by atoms with van der Waals surface area (Å²) in [6, 6.07) is 5.37. The number of benzene rings is 1. The van der Waals surface area contributed by atoms with Crippen LogP contribution in [0, 0.1) is 0 Å². The minimum absolute atomic E-state index is 0.277. The summed E-state index contributed by atoms with van der Waals surface area (Å²) in [6.45, 7) is 5.07. The molecular weight excluding hydrogens is 314 g/mol. The van der Waals surface area contributed by atoms with E-state index >= 15 is 0 Å². The Balaban J connectivity index is 1.76. The molecule has 3 rings (SSSR count). The first-order chi connectivity index (χ1) is 11.2. The molecule has 0 radical (unpaired) electrons. The number of alkyl carbamates (subject to hydrolysis) is 1. The molecule has 2 aliphatic heterocycles. The van der Waals surface area contributed by atoms with Crippen LogP contribution in [0.4, 0.5) is 4.79 Å². The standard InChI is InChI=1S/C16H17N3O5/c1-16(2,3)24-15(23)17-10-11(18-12(10)20)19-13(21)8-6-4-5-7-9(8)14(19)22/h4-7,10-11H,1-3H3,(H,17,23)(H,18,20)/t10-,11+/m0/s1. The topological polar surface area (TPSA) is 105 Å². The van der Waals surface area contributed by atoms with Crippen LogP contribution in [0.15, 0.2) is 24.3 Å². The van der Waals surface area contributed by atoms with Crippen LogP contribution in [-0.2, 0) is 9.53 Å². The number of hydrogen-bond acceptors (Lipinski definition) is 5. The number of carbonyl (C=O) groups is 4. The molecule has 4 amide bonds. The Morgan fingerprint density at radius 1 is 1.12 bits per heavy atom. The summed E-state index contributed by atoms with van der Waals surface area (Å²) >= 11 is 0. The van der Waals surface area contributed by atoms with Crippen LogP contribution in [0.3, 0.4) is 0 Å². The maximum atomic E-state index is 12.4. The monoisotopic (exact) mass is 331 g/mol. The van der Waals surface area contributed by atoms with E-state index in [-0.39, 0.29) is 11.1 Å². The van der Waals surface area contributed by atoms with Gasteiger partial charge in [-0.05, 0) is 32.9 Å². The largest absolute Gasteiger partial charge is 0.444 e. The lowest BCUT2D eigenvalue weighted by Crippen LogP contribution is -2.75. The molecule has 2 N–H and O–H groups in total. The van der Waals surface area contributed by atoms with Crippen LogP contribution < -0.4 is 10.6 Å². The number of imide groups is 1. The zero-order valence-electron chi connectivity index (χ0n) is 13.5. The Hall–Kier alpha value is -2.90. The van der Waals surface area contributed by atoms with Crippen LogP contribution in [0.5, 0.6) is 0 Å². The molecule has 0 spiro atoms. The van der Waals surface area contributed by atoms with Crippen LogP contribution >= 0.6 is 0 Å². The first-order valence-corrected chi connectivity index (χ1v) is 7.46. The summed E-state index contributed by atoms with van der Waals surface area (Å²) < 4.78 is 5.10. The second kappa shape index (κ2) is 5.33. The third-order valence-corrected chi connectivity index (χ3v) is 3.66. The van der Waals surface area contributed by atoms with E-state index in [0.29, 0.717) is 0 Å². The van der Waals surface area contributed by atoms with Gasteiger partial charge in [0.2, 0.25) is 5.91 Å². The van der Waals surface area contributed by atoms with Gasteiger partial charge in [0.05, 0.1) is 11.1 Å². The lowest BCUT2D eigenvalue weighted by atomic mass is 10.1. The Labute approximate surface area is 138 Å². The molecule has 1 saturated heterocycles. The molecule has 0 aliphatic carbocycles. The zero-order chi connectivity index (χ0) is 17.6. The van der Waals surface area contributed by atoms with Gasteiger partial charge in [-0.3, -0.25) is 19.3 Å². The molecule has 0 aromatic heterocycles. The third kappa shape index (κ3) is 2.60. The van der Waals surface area contributed by atoms with E-state index in [4.69, 9.17) is 4.74 Å². The molecule has 24 heavy (non-hydrogen) atoms. The Bertz CT molecular complexity index is 717. The number of ether oxygens (including phenoxy) is 1. The van der Waals surface area contributed by atoms with Crippen molar-refractivity contribution < 1.29 is 23.9 Å². The van der Waals surface area contributed by atoms with E-state index in [1.165, 1.54) is 0 Å². The summed E-state index contributed by atoms with van der Waals surface area (Å²) in [5.74, 6) is -1.49. The van der Waals surface area contributed by atoms with Crippen LogP contribution in [0.2, 0.25) is 0 Å². The summed E-state index contributed by atoms with van der Waals surface area (Å²) in [7, 11) is 0. The van der Waals surface area contributed by atoms with Gasteiger partial charge in [-0.15, -0.1) is 0 Å². The number of fused-ring (bicyclic) bond motifs is 1. The van der Waals surface area contributed by atoms with E-state index in [9.17, 15) is 19.2 Å². The SMILES string of the molecule is CC(C)(C)OC(=O)N[C@@H]1C(=O)N[C@@H]1N1C(=O)c2ccccc2C1=O. The number of rotatable bonds is 2. The second-order valence-corrected chi connectivity index (χ2v) is 6.60. The molecule has 2 aliphatic rings. The normalized spacial score (nSPS) is 22.6. The lowest BCUT2D eigenvalue weighted by Gasteiger charge is -2.41. The van der Waals surface area contributed by atoms with Gasteiger partial charge in [0.15, 0.2) is 6.04 Å². The maximum Gasteiger partial charge on any atom is 0.408 e. The van der Waals surface area contributed by atoms with E-state index < -0.39 is 41.6 Å². The third-order valence-electron chi connectivity index (χ3n) is 3.66. The Morgan fingerprint density at radius 3 is 2.12 bits per heavy atom. The fourth-order valence-corrected chi connectivity index (χ4v) is 2.62. The molecule has 2 atom stereocenters. The van der Waals surface area contributed by atoms with Crippen molar-refractivity contribution in [3.05, 3.63) is 35.4 Å². The molecular formula is C16H17N3O5. The van der Waals surface area contributed by atoms with Gasteiger partial charge in [0.25, 0.3) is 11.8 Å². The summed E-state index contributed by atoms with van der Waals surface area (Å²) in [4.78, 5) is 49.4. The van der Waals surface area contributed by atoms with E-state index in [1.807, 2.05) is 0 Å². The lowest BCUT2D eigenvalue weighted by molar-refractivity contribution is -0.134. The van der Waals surface area contributed by atoms with Crippen molar-refractivity contribution >= 4 is 23.8 Å². The molecule has 8 nitrogen and oxygen atoms in total. The fourth-order valence-electron chi connectivity index (χ4n) is 2.62. The van der Waals surface area contributed by atoms with Crippen molar-refractivity contribution in [2.45, 2.75) is 38.6 Å². The second-order valence-electron chi connectivity index (χ2n) is 6.60. The van der Waals surface area contributed by atoms with E-state index in [0.717, 1.165) is 4.90 Å². The Kier molecular flexibility index (Phi) is 3.55. The van der Waals surface area contributed by atoms with Crippen molar-refractivity contribution in [3.63, 3.8) is 0 Å². The molecule has 0 saturated carbocycles. The molecule has 8 heteroatoms. The van der Waals surface area contributed by atoms with Gasteiger partial charge in [-0.2, -0.15) is 0 Å². The highest BCUT2D eigenvalue weighted by atomic mass is 16.6. The molecule has 1 fully saturated rings. The number of hydrogen-bond donors (Lipinski definition) is 2. The predicted molar refractivity (Wildman–Crippen MR) is 82.0 cm³/mol. The number of carbonyl (C=O) groups excluding carboxylic acids is 4. The first-order valence-electron chi connectivity index (χ1n) is 7.46. The van der Waals surface area contributed by atoms with E-state index in [2.05, 4.69) is 10.6 Å². The minimum atomic E-state index is -1.04. The molecule has 126 valence electrons.